The van der Waals surface area contributed by atoms with Gasteiger partial charge in [-0.3, -0.25) is 14.5 Å². The third kappa shape index (κ3) is 4.15. The number of carbonyl (C=O) groups is 2. The molecule has 1 aliphatic heterocycles. The van der Waals surface area contributed by atoms with Crippen LogP contribution in [0.3, 0.4) is 0 Å². The summed E-state index contributed by atoms with van der Waals surface area (Å²) in [6.07, 6.45) is 2.04. The van der Waals surface area contributed by atoms with Gasteiger partial charge < -0.3 is 9.64 Å². The van der Waals surface area contributed by atoms with Gasteiger partial charge in [0, 0.05) is 27.2 Å². The summed E-state index contributed by atoms with van der Waals surface area (Å²) < 4.78 is 5.46. The van der Waals surface area contributed by atoms with Gasteiger partial charge in [-0.2, -0.15) is 0 Å². The van der Waals surface area contributed by atoms with Gasteiger partial charge in [0.1, 0.15) is 11.2 Å². The molecular formula is C32H36N2O3. The van der Waals surface area contributed by atoms with Gasteiger partial charge in [-0.15, -0.1) is 0 Å². The van der Waals surface area contributed by atoms with Gasteiger partial charge in [0.25, 0.3) is 0 Å². The summed E-state index contributed by atoms with van der Waals surface area (Å²) in [5.41, 5.74) is 2.95. The van der Waals surface area contributed by atoms with Crippen molar-refractivity contribution in [3.8, 4) is 5.75 Å². The maximum Gasteiger partial charge on any atom is 0.237 e. The Morgan fingerprint density at radius 2 is 1.65 bits per heavy atom. The van der Waals surface area contributed by atoms with E-state index in [0.717, 1.165) is 35.4 Å². The van der Waals surface area contributed by atoms with E-state index in [9.17, 15) is 9.59 Å². The van der Waals surface area contributed by atoms with Crippen molar-refractivity contribution in [3.05, 3.63) is 101 Å². The quantitative estimate of drug-likeness (QED) is 0.479. The zero-order valence-corrected chi connectivity index (χ0v) is 22.2. The molecule has 1 heterocycles. The molecule has 2 unspecified atom stereocenters. The smallest absolute Gasteiger partial charge is 0.237 e. The van der Waals surface area contributed by atoms with Crippen LogP contribution >= 0.6 is 0 Å². The highest BCUT2D eigenvalue weighted by Crippen LogP contribution is 2.45. The zero-order valence-electron chi connectivity index (χ0n) is 22.2. The van der Waals surface area contributed by atoms with Crippen LogP contribution in [0.25, 0.3) is 0 Å². The Hall–Kier alpha value is -3.44. The highest BCUT2D eigenvalue weighted by molar-refractivity contribution is 5.97. The monoisotopic (exact) mass is 496 g/mol. The first-order chi connectivity index (χ1) is 17.8. The van der Waals surface area contributed by atoms with E-state index >= 15 is 0 Å². The summed E-state index contributed by atoms with van der Waals surface area (Å²) in [6.45, 7) is 3.56. The van der Waals surface area contributed by atoms with Crippen molar-refractivity contribution < 1.29 is 14.3 Å². The number of benzene rings is 3. The molecular weight excluding hydrogens is 460 g/mol. The first kappa shape index (κ1) is 25.2. The van der Waals surface area contributed by atoms with Crippen molar-refractivity contribution in [1.82, 2.24) is 9.80 Å². The van der Waals surface area contributed by atoms with Crippen molar-refractivity contribution in [2.24, 2.45) is 0 Å². The molecule has 5 rings (SSSR count). The Labute approximate surface area is 220 Å². The Balaban J connectivity index is 1.51. The van der Waals surface area contributed by atoms with Crippen LogP contribution in [0.4, 0.5) is 0 Å². The molecule has 5 heteroatoms. The summed E-state index contributed by atoms with van der Waals surface area (Å²) in [4.78, 5) is 31.9. The van der Waals surface area contributed by atoms with Crippen LogP contribution in [0.15, 0.2) is 78.9 Å². The molecule has 0 aromatic heterocycles. The fourth-order valence-corrected chi connectivity index (χ4v) is 6.47. The van der Waals surface area contributed by atoms with E-state index in [1.165, 1.54) is 5.56 Å². The zero-order chi connectivity index (χ0) is 26.2. The lowest BCUT2D eigenvalue weighted by Gasteiger charge is -2.49. The van der Waals surface area contributed by atoms with Crippen LogP contribution in [-0.2, 0) is 26.8 Å². The Bertz CT molecular complexity index is 1250. The molecule has 1 amide bonds. The summed E-state index contributed by atoms with van der Waals surface area (Å²) in [7, 11) is 5.32. The summed E-state index contributed by atoms with van der Waals surface area (Å²) in [6, 6.07) is 26.1. The highest BCUT2D eigenvalue weighted by atomic mass is 16.5. The van der Waals surface area contributed by atoms with Gasteiger partial charge >= 0.3 is 0 Å². The van der Waals surface area contributed by atoms with Crippen LogP contribution in [0.5, 0.6) is 5.75 Å². The Morgan fingerprint density at radius 3 is 2.22 bits per heavy atom. The van der Waals surface area contributed by atoms with Gasteiger partial charge in [0.15, 0.2) is 5.78 Å². The predicted octanol–water partition coefficient (Wildman–Crippen LogP) is 4.62. The topological polar surface area (TPSA) is 49.9 Å². The number of Topliss-reactive ketones (excluding diaryl/α,β-unsaturated/α-hetero) is 1. The SMILES string of the molecule is COc1ccc2c(c1)C1(C)CCN(CCC(C(=O)N(C)C)(c3ccccc3)c3ccccc3)C(C2)C1=O. The number of ketones is 1. The second-order valence-corrected chi connectivity index (χ2v) is 10.8. The number of amides is 1. The lowest BCUT2D eigenvalue weighted by molar-refractivity contribution is -0.135. The fraction of sp³-hybridized carbons (Fsp3) is 0.375. The molecule has 192 valence electrons. The van der Waals surface area contributed by atoms with Gasteiger partial charge in [0.2, 0.25) is 5.91 Å². The average molecular weight is 497 g/mol. The molecule has 3 aromatic carbocycles. The number of rotatable bonds is 7. The van der Waals surface area contributed by atoms with Crippen LogP contribution in [0.2, 0.25) is 0 Å². The van der Waals surface area contributed by atoms with Crippen LogP contribution in [0.1, 0.15) is 42.0 Å². The van der Waals surface area contributed by atoms with E-state index in [1.54, 1.807) is 12.0 Å². The number of fused-ring (bicyclic) bond motifs is 4. The van der Waals surface area contributed by atoms with Crippen molar-refractivity contribution in [1.29, 1.82) is 0 Å². The molecule has 2 aliphatic rings. The van der Waals surface area contributed by atoms with E-state index in [2.05, 4.69) is 42.2 Å². The number of piperidine rings is 1. The van der Waals surface area contributed by atoms with Gasteiger partial charge in [-0.1, -0.05) is 66.7 Å². The maximum atomic E-state index is 14.0. The largest absolute Gasteiger partial charge is 0.497 e. The summed E-state index contributed by atoms with van der Waals surface area (Å²) >= 11 is 0. The molecule has 1 saturated heterocycles. The minimum absolute atomic E-state index is 0.0548. The van der Waals surface area contributed by atoms with Crippen LogP contribution in [0, 0.1) is 0 Å². The third-order valence-electron chi connectivity index (χ3n) is 8.59. The number of likely N-dealkylation sites (tertiary alicyclic amines) is 1. The minimum Gasteiger partial charge on any atom is -0.497 e. The molecule has 37 heavy (non-hydrogen) atoms. The number of hydrogen-bond donors (Lipinski definition) is 0. The molecule has 2 bridgehead atoms. The van der Waals surface area contributed by atoms with Gasteiger partial charge in [-0.25, -0.2) is 0 Å². The van der Waals surface area contributed by atoms with E-state index < -0.39 is 10.8 Å². The molecule has 0 N–H and O–H groups in total. The van der Waals surface area contributed by atoms with Crippen LogP contribution in [-0.4, -0.2) is 61.8 Å². The first-order valence-corrected chi connectivity index (χ1v) is 13.1. The molecule has 0 radical (unpaired) electrons. The number of nitrogens with zero attached hydrogens (tertiary/aromatic N) is 2. The second-order valence-electron chi connectivity index (χ2n) is 10.8. The molecule has 3 aromatic rings. The molecule has 1 fully saturated rings. The average Bonchev–Trinajstić information content (AvgIpc) is 2.93. The fourth-order valence-electron chi connectivity index (χ4n) is 6.47. The van der Waals surface area contributed by atoms with E-state index in [-0.39, 0.29) is 17.7 Å². The first-order valence-electron chi connectivity index (χ1n) is 13.1. The minimum atomic E-state index is -0.838. The van der Waals surface area contributed by atoms with Crippen molar-refractivity contribution in [2.75, 3.05) is 34.3 Å². The molecule has 0 spiro atoms. The molecule has 0 saturated carbocycles. The third-order valence-corrected chi connectivity index (χ3v) is 8.59. The molecule has 1 aliphatic carbocycles. The number of likely N-dealkylation sites (N-methyl/N-ethyl adjacent to an activating group) is 1. The molecule has 5 nitrogen and oxygen atoms in total. The normalized spacial score (nSPS) is 21.3. The summed E-state index contributed by atoms with van der Waals surface area (Å²) in [5, 5.41) is 0. The Morgan fingerprint density at radius 1 is 1.03 bits per heavy atom. The lowest BCUT2D eigenvalue weighted by Crippen LogP contribution is -2.60. The van der Waals surface area contributed by atoms with Crippen LogP contribution < -0.4 is 4.74 Å². The molecule has 2 atom stereocenters. The lowest BCUT2D eigenvalue weighted by atomic mass is 9.63. The van der Waals surface area contributed by atoms with E-state index in [0.29, 0.717) is 19.4 Å². The predicted molar refractivity (Wildman–Crippen MR) is 146 cm³/mol. The number of carbonyl (C=O) groups excluding carboxylic acids is 2. The van der Waals surface area contributed by atoms with Crippen molar-refractivity contribution in [2.45, 2.75) is 43.1 Å². The maximum absolute atomic E-state index is 14.0. The Kier molecular flexibility index (Phi) is 6.67. The van der Waals surface area contributed by atoms with Crippen molar-refractivity contribution in [3.63, 3.8) is 0 Å². The number of ether oxygens (including phenoxy) is 1. The van der Waals surface area contributed by atoms with Gasteiger partial charge in [-0.05, 0) is 60.6 Å². The van der Waals surface area contributed by atoms with E-state index in [4.69, 9.17) is 4.74 Å². The second kappa shape index (κ2) is 9.79. The standard InChI is InChI=1S/C32H36N2O3/c1-31-17-19-34(28(29(31)35)21-23-15-16-26(37-4)22-27(23)31)20-18-32(30(36)33(2)3,24-11-7-5-8-12-24)25-13-9-6-10-14-25/h5-16,22,28H,17-21H2,1-4H3. The highest BCUT2D eigenvalue weighted by Gasteiger charge is 2.51. The summed E-state index contributed by atoms with van der Waals surface area (Å²) in [5.74, 6) is 1.13. The van der Waals surface area contributed by atoms with Gasteiger partial charge in [0.05, 0.1) is 18.6 Å². The van der Waals surface area contributed by atoms with Crippen molar-refractivity contribution >= 4 is 11.7 Å². The number of hydrogen-bond acceptors (Lipinski definition) is 4. The number of methoxy groups -OCH3 is 1. The van der Waals surface area contributed by atoms with E-state index in [1.807, 2.05) is 62.6 Å².